The summed E-state index contributed by atoms with van der Waals surface area (Å²) in [6, 6.07) is 8.47. The first-order valence-electron chi connectivity index (χ1n) is 4.95. The second-order valence-corrected chi connectivity index (χ2v) is 4.45. The summed E-state index contributed by atoms with van der Waals surface area (Å²) in [4.78, 5) is 4.45. The monoisotopic (exact) mass is 218 g/mol. The van der Waals surface area contributed by atoms with Gasteiger partial charge in [0.1, 0.15) is 0 Å². The van der Waals surface area contributed by atoms with E-state index >= 15 is 0 Å². The first kappa shape index (κ1) is 10.2. The molecule has 0 unspecified atom stereocenters. The molecule has 78 valence electrons. The van der Waals surface area contributed by atoms with Crippen LogP contribution in [0.25, 0.3) is 0 Å². The molecule has 0 spiro atoms. The molecule has 0 aliphatic heterocycles. The lowest BCUT2D eigenvalue weighted by molar-refractivity contribution is 1.10. The minimum atomic E-state index is 0.933. The number of thiazole rings is 1. The van der Waals surface area contributed by atoms with Crippen LogP contribution in [-0.2, 0) is 6.42 Å². The largest absolute Gasteiger partial charge is 0.388 e. The molecule has 0 amide bonds. The maximum atomic E-state index is 4.45. The summed E-state index contributed by atoms with van der Waals surface area (Å²) in [6.07, 6.45) is 0.933. The summed E-state index contributed by atoms with van der Waals surface area (Å²) in [7, 11) is 1.93. The topological polar surface area (TPSA) is 24.9 Å². The van der Waals surface area contributed by atoms with E-state index in [9.17, 15) is 0 Å². The Balaban J connectivity index is 2.11. The highest BCUT2D eigenvalue weighted by Gasteiger charge is 2.00. The van der Waals surface area contributed by atoms with Crippen LogP contribution < -0.4 is 5.32 Å². The highest BCUT2D eigenvalue weighted by Crippen LogP contribution is 2.16. The smallest absolute Gasteiger partial charge is 0.0972 e. The molecule has 0 saturated heterocycles. The van der Waals surface area contributed by atoms with Crippen molar-refractivity contribution in [1.82, 2.24) is 4.98 Å². The Kier molecular flexibility index (Phi) is 3.02. The van der Waals surface area contributed by atoms with E-state index in [0.29, 0.717) is 0 Å². The first-order chi connectivity index (χ1) is 7.28. The van der Waals surface area contributed by atoms with Gasteiger partial charge in [-0.05, 0) is 24.6 Å². The minimum Gasteiger partial charge on any atom is -0.388 e. The molecule has 1 aromatic carbocycles. The third-order valence-corrected chi connectivity index (χ3v) is 3.23. The van der Waals surface area contributed by atoms with Crippen LogP contribution in [0.15, 0.2) is 29.6 Å². The Bertz CT molecular complexity index is 431. The normalized spacial score (nSPS) is 10.3. The average Bonchev–Trinajstić information content (AvgIpc) is 2.65. The van der Waals surface area contributed by atoms with Gasteiger partial charge < -0.3 is 5.32 Å². The van der Waals surface area contributed by atoms with Crippen LogP contribution in [0, 0.1) is 6.92 Å². The Morgan fingerprint density at radius 3 is 2.53 bits per heavy atom. The van der Waals surface area contributed by atoms with Crippen molar-refractivity contribution in [3.63, 3.8) is 0 Å². The van der Waals surface area contributed by atoms with E-state index in [1.165, 1.54) is 10.6 Å². The fourth-order valence-electron chi connectivity index (χ4n) is 1.45. The number of rotatable bonds is 3. The zero-order valence-corrected chi connectivity index (χ0v) is 9.77. The van der Waals surface area contributed by atoms with E-state index in [0.717, 1.165) is 17.8 Å². The van der Waals surface area contributed by atoms with Crippen LogP contribution in [0.4, 0.5) is 5.69 Å². The number of aryl methyl sites for hydroxylation is 1. The van der Waals surface area contributed by atoms with Crippen molar-refractivity contribution in [3.05, 3.63) is 45.9 Å². The molecule has 15 heavy (non-hydrogen) atoms. The van der Waals surface area contributed by atoms with Crippen LogP contribution in [-0.4, -0.2) is 12.0 Å². The predicted octanol–water partition coefficient (Wildman–Crippen LogP) is 3.08. The van der Waals surface area contributed by atoms with Gasteiger partial charge in [-0.15, -0.1) is 11.3 Å². The molecule has 2 rings (SSSR count). The lowest BCUT2D eigenvalue weighted by atomic mass is 10.1. The SMILES string of the molecule is CNc1ccc(Cc2nc(C)cs2)cc1. The van der Waals surface area contributed by atoms with E-state index in [4.69, 9.17) is 0 Å². The third kappa shape index (κ3) is 2.57. The van der Waals surface area contributed by atoms with E-state index < -0.39 is 0 Å². The molecule has 1 aromatic heterocycles. The van der Waals surface area contributed by atoms with Gasteiger partial charge in [0.15, 0.2) is 0 Å². The van der Waals surface area contributed by atoms with Crippen LogP contribution in [0.5, 0.6) is 0 Å². The van der Waals surface area contributed by atoms with E-state index in [1.54, 1.807) is 11.3 Å². The van der Waals surface area contributed by atoms with Gasteiger partial charge in [0.25, 0.3) is 0 Å². The molecule has 1 N–H and O–H groups in total. The Morgan fingerprint density at radius 1 is 1.27 bits per heavy atom. The zero-order valence-electron chi connectivity index (χ0n) is 8.95. The second kappa shape index (κ2) is 4.45. The van der Waals surface area contributed by atoms with E-state index in [1.807, 2.05) is 14.0 Å². The quantitative estimate of drug-likeness (QED) is 0.856. The van der Waals surface area contributed by atoms with Crippen LogP contribution in [0.2, 0.25) is 0 Å². The van der Waals surface area contributed by atoms with Gasteiger partial charge in [-0.3, -0.25) is 0 Å². The first-order valence-corrected chi connectivity index (χ1v) is 5.83. The standard InChI is InChI=1S/C12H14N2S/c1-9-8-15-12(14-9)7-10-3-5-11(13-2)6-4-10/h3-6,8,13H,7H2,1-2H3. The van der Waals surface area contributed by atoms with Crippen LogP contribution in [0.1, 0.15) is 16.3 Å². The number of hydrogen-bond donors (Lipinski definition) is 1. The molecule has 0 fully saturated rings. The van der Waals surface area contributed by atoms with Gasteiger partial charge >= 0.3 is 0 Å². The highest BCUT2D eigenvalue weighted by molar-refractivity contribution is 7.09. The van der Waals surface area contributed by atoms with E-state index in [2.05, 4.69) is 39.9 Å². The maximum absolute atomic E-state index is 4.45. The molecule has 0 aliphatic rings. The van der Waals surface area contributed by atoms with Crippen LogP contribution in [0.3, 0.4) is 0 Å². The average molecular weight is 218 g/mol. The predicted molar refractivity (Wildman–Crippen MR) is 65.6 cm³/mol. The van der Waals surface area contributed by atoms with Crippen molar-refractivity contribution in [2.24, 2.45) is 0 Å². The number of anilines is 1. The number of nitrogens with one attached hydrogen (secondary N) is 1. The summed E-state index contributed by atoms with van der Waals surface area (Å²) in [5, 5.41) is 6.39. The summed E-state index contributed by atoms with van der Waals surface area (Å²) >= 11 is 1.73. The van der Waals surface area contributed by atoms with Crippen molar-refractivity contribution >= 4 is 17.0 Å². The van der Waals surface area contributed by atoms with Gasteiger partial charge in [0, 0.05) is 30.2 Å². The second-order valence-electron chi connectivity index (χ2n) is 3.51. The van der Waals surface area contributed by atoms with Gasteiger partial charge in [-0.25, -0.2) is 4.98 Å². The Hall–Kier alpha value is -1.35. The molecule has 0 radical (unpaired) electrons. The molecular formula is C12H14N2S. The zero-order chi connectivity index (χ0) is 10.7. The summed E-state index contributed by atoms with van der Waals surface area (Å²) in [5.74, 6) is 0. The number of aromatic nitrogens is 1. The fourth-order valence-corrected chi connectivity index (χ4v) is 2.25. The lowest BCUT2D eigenvalue weighted by Gasteiger charge is -2.01. The Morgan fingerprint density at radius 2 is 2.00 bits per heavy atom. The van der Waals surface area contributed by atoms with Crippen molar-refractivity contribution < 1.29 is 0 Å². The molecule has 0 bridgehead atoms. The molecule has 2 nitrogen and oxygen atoms in total. The molecule has 0 saturated carbocycles. The van der Waals surface area contributed by atoms with Gasteiger partial charge in [-0.1, -0.05) is 12.1 Å². The van der Waals surface area contributed by atoms with Gasteiger partial charge in [0.05, 0.1) is 5.01 Å². The minimum absolute atomic E-state index is 0.933. The van der Waals surface area contributed by atoms with Crippen molar-refractivity contribution in [1.29, 1.82) is 0 Å². The van der Waals surface area contributed by atoms with Gasteiger partial charge in [-0.2, -0.15) is 0 Å². The highest BCUT2D eigenvalue weighted by atomic mass is 32.1. The number of benzene rings is 1. The molecule has 0 atom stereocenters. The lowest BCUT2D eigenvalue weighted by Crippen LogP contribution is -1.90. The summed E-state index contributed by atoms with van der Waals surface area (Å²) in [5.41, 5.74) is 3.57. The summed E-state index contributed by atoms with van der Waals surface area (Å²) < 4.78 is 0. The van der Waals surface area contributed by atoms with Crippen molar-refractivity contribution in [2.75, 3.05) is 12.4 Å². The maximum Gasteiger partial charge on any atom is 0.0972 e. The Labute approximate surface area is 94.0 Å². The number of hydrogen-bond acceptors (Lipinski definition) is 3. The molecular weight excluding hydrogens is 204 g/mol. The third-order valence-electron chi connectivity index (χ3n) is 2.26. The van der Waals surface area contributed by atoms with Crippen LogP contribution >= 0.6 is 11.3 Å². The fraction of sp³-hybridized carbons (Fsp3) is 0.250. The van der Waals surface area contributed by atoms with Crippen molar-refractivity contribution in [3.8, 4) is 0 Å². The summed E-state index contributed by atoms with van der Waals surface area (Å²) in [6.45, 7) is 2.03. The molecule has 2 aromatic rings. The molecule has 0 aliphatic carbocycles. The van der Waals surface area contributed by atoms with Gasteiger partial charge in [0.2, 0.25) is 0 Å². The van der Waals surface area contributed by atoms with E-state index in [-0.39, 0.29) is 0 Å². The number of nitrogens with zero attached hydrogens (tertiary/aromatic N) is 1. The molecule has 3 heteroatoms. The van der Waals surface area contributed by atoms with Crippen molar-refractivity contribution in [2.45, 2.75) is 13.3 Å². The molecule has 1 heterocycles.